The molecule has 0 unspecified atom stereocenters. The van der Waals surface area contributed by atoms with Crippen molar-refractivity contribution in [3.05, 3.63) is 77.9 Å². The summed E-state index contributed by atoms with van der Waals surface area (Å²) in [6, 6.07) is 20.1. The van der Waals surface area contributed by atoms with E-state index in [1.165, 1.54) is 7.11 Å². The molecule has 3 aromatic rings. The van der Waals surface area contributed by atoms with Crippen molar-refractivity contribution in [1.82, 2.24) is 4.90 Å². The van der Waals surface area contributed by atoms with Gasteiger partial charge >= 0.3 is 0 Å². The molecule has 1 fully saturated rings. The smallest absolute Gasteiger partial charge is 0.253 e. The van der Waals surface area contributed by atoms with Crippen LogP contribution in [0.4, 0.5) is 0 Å². The molecule has 0 radical (unpaired) electrons. The number of ether oxygens (including phenoxy) is 4. The van der Waals surface area contributed by atoms with Crippen molar-refractivity contribution in [2.45, 2.75) is 24.9 Å². The number of methoxy groups -OCH3 is 2. The third-order valence-corrected chi connectivity index (χ3v) is 6.60. The number of hydrogen-bond donors (Lipinski definition) is 0. The average molecular weight is 474 g/mol. The second kappa shape index (κ2) is 9.33. The number of nitrogens with zero attached hydrogens (tertiary/aromatic N) is 1. The number of hydrogen-bond acceptors (Lipinski definition) is 6. The van der Waals surface area contributed by atoms with E-state index in [1.54, 1.807) is 31.4 Å². The predicted octanol–water partition coefficient (Wildman–Crippen LogP) is 5.14. The molecular formula is C28H27NO6. The molecule has 5 rings (SSSR count). The number of para-hydroxylation sites is 1. The molecule has 0 aliphatic carbocycles. The Labute approximate surface area is 204 Å². The maximum Gasteiger partial charge on any atom is 0.253 e. The van der Waals surface area contributed by atoms with E-state index in [1.807, 2.05) is 47.4 Å². The minimum atomic E-state index is -0.642. The second-order valence-electron chi connectivity index (χ2n) is 8.82. The number of benzene rings is 3. The standard InChI is InChI=1S/C28H27NO6/c1-32-22-16-24(33-2)26-23(30)18-28(35-25(26)17-22)11-13-29(14-12-28)27(31)19-7-6-10-21(15-19)34-20-8-4-3-5-9-20/h3-10,15-17H,11-14,18H2,1-2H3. The number of amides is 1. The van der Waals surface area contributed by atoms with Crippen molar-refractivity contribution < 1.29 is 28.5 Å². The van der Waals surface area contributed by atoms with Crippen LogP contribution in [0.15, 0.2) is 66.7 Å². The van der Waals surface area contributed by atoms with Gasteiger partial charge in [-0.3, -0.25) is 9.59 Å². The summed E-state index contributed by atoms with van der Waals surface area (Å²) in [7, 11) is 3.09. The summed E-state index contributed by atoms with van der Waals surface area (Å²) in [6.45, 7) is 0.985. The van der Waals surface area contributed by atoms with Crippen molar-refractivity contribution in [3.8, 4) is 28.7 Å². The van der Waals surface area contributed by atoms with Crippen LogP contribution in [0.3, 0.4) is 0 Å². The normalized spacial score (nSPS) is 16.3. The van der Waals surface area contributed by atoms with E-state index < -0.39 is 5.60 Å². The maximum absolute atomic E-state index is 13.2. The Morgan fingerprint density at radius 1 is 0.886 bits per heavy atom. The molecule has 7 heteroatoms. The molecule has 1 saturated heterocycles. The van der Waals surface area contributed by atoms with Crippen LogP contribution in [0.5, 0.6) is 28.7 Å². The second-order valence-corrected chi connectivity index (χ2v) is 8.82. The van der Waals surface area contributed by atoms with E-state index in [0.29, 0.717) is 65.8 Å². The molecule has 1 amide bonds. The number of carbonyl (C=O) groups is 2. The summed E-state index contributed by atoms with van der Waals surface area (Å²) in [5.74, 6) is 2.73. The van der Waals surface area contributed by atoms with Crippen LogP contribution in [-0.4, -0.2) is 49.5 Å². The highest BCUT2D eigenvalue weighted by Gasteiger charge is 2.45. The number of piperidine rings is 1. The monoisotopic (exact) mass is 473 g/mol. The largest absolute Gasteiger partial charge is 0.496 e. The lowest BCUT2D eigenvalue weighted by molar-refractivity contribution is -0.00611. The molecule has 3 aromatic carbocycles. The first-order chi connectivity index (χ1) is 17.0. The zero-order valence-corrected chi connectivity index (χ0v) is 19.8. The molecule has 0 N–H and O–H groups in total. The fourth-order valence-electron chi connectivity index (χ4n) is 4.75. The molecule has 2 heterocycles. The van der Waals surface area contributed by atoms with Crippen molar-refractivity contribution in [3.63, 3.8) is 0 Å². The van der Waals surface area contributed by atoms with Crippen molar-refractivity contribution in [2.75, 3.05) is 27.3 Å². The van der Waals surface area contributed by atoms with Gasteiger partial charge in [-0.15, -0.1) is 0 Å². The Balaban J connectivity index is 1.29. The topological polar surface area (TPSA) is 74.3 Å². The first kappa shape index (κ1) is 22.8. The minimum Gasteiger partial charge on any atom is -0.496 e. The summed E-state index contributed by atoms with van der Waals surface area (Å²) >= 11 is 0. The summed E-state index contributed by atoms with van der Waals surface area (Å²) in [6.07, 6.45) is 1.37. The van der Waals surface area contributed by atoms with Gasteiger partial charge in [0.1, 0.15) is 39.9 Å². The van der Waals surface area contributed by atoms with Crippen molar-refractivity contribution >= 4 is 11.7 Å². The summed E-state index contributed by atoms with van der Waals surface area (Å²) in [5, 5.41) is 0. The Kier molecular flexibility index (Phi) is 6.07. The van der Waals surface area contributed by atoms with Crippen molar-refractivity contribution in [2.24, 2.45) is 0 Å². The van der Waals surface area contributed by atoms with Gasteiger partial charge in [-0.05, 0) is 30.3 Å². The first-order valence-corrected chi connectivity index (χ1v) is 11.6. The Morgan fingerprint density at radius 3 is 2.34 bits per heavy atom. The van der Waals surface area contributed by atoms with Crippen LogP contribution in [0.2, 0.25) is 0 Å². The molecule has 180 valence electrons. The molecule has 0 saturated carbocycles. The maximum atomic E-state index is 13.2. The molecule has 0 atom stereocenters. The number of fused-ring (bicyclic) bond motifs is 1. The van der Waals surface area contributed by atoms with E-state index in [4.69, 9.17) is 18.9 Å². The lowest BCUT2D eigenvalue weighted by Gasteiger charge is -2.44. The average Bonchev–Trinajstić information content (AvgIpc) is 2.88. The highest BCUT2D eigenvalue weighted by molar-refractivity contribution is 6.03. The molecule has 2 aliphatic heterocycles. The Hall–Kier alpha value is -4.00. The van der Waals surface area contributed by atoms with Crippen LogP contribution >= 0.6 is 0 Å². The lowest BCUT2D eigenvalue weighted by atomic mass is 9.82. The van der Waals surface area contributed by atoms with Gasteiger partial charge in [0.25, 0.3) is 5.91 Å². The van der Waals surface area contributed by atoms with Gasteiger partial charge in [-0.2, -0.15) is 0 Å². The minimum absolute atomic E-state index is 0.0173. The van der Waals surface area contributed by atoms with E-state index in [0.717, 1.165) is 0 Å². The van der Waals surface area contributed by atoms with E-state index in [9.17, 15) is 9.59 Å². The van der Waals surface area contributed by atoms with Gasteiger partial charge in [-0.1, -0.05) is 24.3 Å². The molecule has 7 nitrogen and oxygen atoms in total. The predicted molar refractivity (Wildman–Crippen MR) is 130 cm³/mol. The molecule has 0 aromatic heterocycles. The fourth-order valence-corrected chi connectivity index (χ4v) is 4.75. The Bertz CT molecular complexity index is 1250. The highest BCUT2D eigenvalue weighted by atomic mass is 16.5. The highest BCUT2D eigenvalue weighted by Crippen LogP contribution is 2.44. The SMILES string of the molecule is COc1cc(OC)c2c(c1)OC1(CCN(C(=O)c3cccc(Oc4ccccc4)c3)CC1)CC2=O. The van der Waals surface area contributed by atoms with E-state index in [-0.39, 0.29) is 18.1 Å². The van der Waals surface area contributed by atoms with Gasteiger partial charge in [0, 0.05) is 43.6 Å². The number of likely N-dealkylation sites (tertiary alicyclic amines) is 1. The zero-order valence-electron chi connectivity index (χ0n) is 19.8. The van der Waals surface area contributed by atoms with Crippen LogP contribution in [0.1, 0.15) is 40.0 Å². The third-order valence-electron chi connectivity index (χ3n) is 6.60. The summed E-state index contributed by atoms with van der Waals surface area (Å²) < 4.78 is 23.0. The molecule has 35 heavy (non-hydrogen) atoms. The number of ketones is 1. The fraction of sp³-hybridized carbons (Fsp3) is 0.286. The lowest BCUT2D eigenvalue weighted by Crippen LogP contribution is -2.52. The van der Waals surface area contributed by atoms with Gasteiger partial charge < -0.3 is 23.8 Å². The molecular weight excluding hydrogens is 446 g/mol. The summed E-state index contributed by atoms with van der Waals surface area (Å²) in [5.41, 5.74) is 0.374. The number of Topliss-reactive ketones (excluding diaryl/α,β-unsaturated/α-hetero) is 1. The van der Waals surface area contributed by atoms with E-state index >= 15 is 0 Å². The van der Waals surface area contributed by atoms with E-state index in [2.05, 4.69) is 0 Å². The van der Waals surface area contributed by atoms with Crippen LogP contribution in [0.25, 0.3) is 0 Å². The van der Waals surface area contributed by atoms with Gasteiger partial charge in [0.15, 0.2) is 5.78 Å². The van der Waals surface area contributed by atoms with Gasteiger partial charge in [0.2, 0.25) is 0 Å². The van der Waals surface area contributed by atoms with Crippen LogP contribution < -0.4 is 18.9 Å². The number of carbonyl (C=O) groups excluding carboxylic acids is 2. The Morgan fingerprint density at radius 2 is 1.63 bits per heavy atom. The number of rotatable bonds is 5. The summed E-state index contributed by atoms with van der Waals surface area (Å²) in [4.78, 5) is 28.1. The van der Waals surface area contributed by atoms with Gasteiger partial charge in [-0.25, -0.2) is 0 Å². The first-order valence-electron chi connectivity index (χ1n) is 11.6. The quantitative estimate of drug-likeness (QED) is 0.511. The van der Waals surface area contributed by atoms with Gasteiger partial charge in [0.05, 0.1) is 20.6 Å². The molecule has 2 aliphatic rings. The van der Waals surface area contributed by atoms with Crippen LogP contribution in [0, 0.1) is 0 Å². The van der Waals surface area contributed by atoms with Crippen molar-refractivity contribution in [1.29, 1.82) is 0 Å². The zero-order chi connectivity index (χ0) is 24.4. The third kappa shape index (κ3) is 4.54. The molecule has 1 spiro atoms. The van der Waals surface area contributed by atoms with Crippen LogP contribution in [-0.2, 0) is 0 Å². The molecule has 0 bridgehead atoms.